The van der Waals surface area contributed by atoms with Gasteiger partial charge < -0.3 is 0 Å². The van der Waals surface area contributed by atoms with Gasteiger partial charge in [0.05, 0.1) is 18.1 Å². The minimum Gasteiger partial charge on any atom is -0.237 e. The molecule has 1 aromatic rings. The summed E-state index contributed by atoms with van der Waals surface area (Å²) < 4.78 is 12.1. The van der Waals surface area contributed by atoms with Gasteiger partial charge in [0, 0.05) is 0 Å². The van der Waals surface area contributed by atoms with Crippen LogP contribution in [0.25, 0.3) is 0 Å². The topological polar surface area (TPSA) is 25.8 Å². The molecule has 0 aromatic carbocycles. The SMILES string of the molecule is Fc1cnc(CS)nc1. The number of thiol groups is 1. The third kappa shape index (κ3) is 1.64. The average Bonchev–Trinajstić information content (AvgIpc) is 1.90. The van der Waals surface area contributed by atoms with E-state index in [-0.39, 0.29) is 0 Å². The number of halogens is 1. The molecule has 0 bridgehead atoms. The summed E-state index contributed by atoms with van der Waals surface area (Å²) in [6.07, 6.45) is 2.25. The van der Waals surface area contributed by atoms with Crippen molar-refractivity contribution in [2.45, 2.75) is 5.75 Å². The highest BCUT2D eigenvalue weighted by Crippen LogP contribution is 1.94. The third-order valence-electron chi connectivity index (χ3n) is 0.815. The average molecular weight is 144 g/mol. The summed E-state index contributed by atoms with van der Waals surface area (Å²) in [5.41, 5.74) is 0. The van der Waals surface area contributed by atoms with Gasteiger partial charge >= 0.3 is 0 Å². The van der Waals surface area contributed by atoms with Crippen LogP contribution in [0, 0.1) is 5.82 Å². The van der Waals surface area contributed by atoms with Crippen LogP contribution in [0.4, 0.5) is 4.39 Å². The lowest BCUT2D eigenvalue weighted by molar-refractivity contribution is 0.610. The molecule has 4 heteroatoms. The summed E-state index contributed by atoms with van der Waals surface area (Å²) in [6, 6.07) is 0. The fourth-order valence-corrected chi connectivity index (χ4v) is 0.584. The monoisotopic (exact) mass is 144 g/mol. The first kappa shape index (κ1) is 6.48. The van der Waals surface area contributed by atoms with Crippen molar-refractivity contribution >= 4 is 12.6 Å². The van der Waals surface area contributed by atoms with Crippen molar-refractivity contribution < 1.29 is 4.39 Å². The first-order valence-corrected chi connectivity index (χ1v) is 3.03. The van der Waals surface area contributed by atoms with Crippen molar-refractivity contribution in [2.75, 3.05) is 0 Å². The van der Waals surface area contributed by atoms with E-state index in [1.807, 2.05) is 0 Å². The van der Waals surface area contributed by atoms with Gasteiger partial charge in [-0.25, -0.2) is 14.4 Å². The molecule has 1 aromatic heterocycles. The van der Waals surface area contributed by atoms with Crippen LogP contribution in [-0.2, 0) is 5.75 Å². The Bertz CT molecular complexity index is 187. The van der Waals surface area contributed by atoms with Crippen molar-refractivity contribution in [3.63, 3.8) is 0 Å². The number of hydrogen-bond donors (Lipinski definition) is 1. The van der Waals surface area contributed by atoms with Crippen molar-refractivity contribution in [1.82, 2.24) is 9.97 Å². The molecule has 48 valence electrons. The number of rotatable bonds is 1. The molecule has 0 fully saturated rings. The number of hydrogen-bond acceptors (Lipinski definition) is 3. The first-order valence-electron chi connectivity index (χ1n) is 2.40. The van der Waals surface area contributed by atoms with Crippen molar-refractivity contribution in [1.29, 1.82) is 0 Å². The zero-order chi connectivity index (χ0) is 6.69. The molecule has 0 aliphatic heterocycles. The molecule has 1 heterocycles. The Morgan fingerprint density at radius 3 is 2.44 bits per heavy atom. The van der Waals surface area contributed by atoms with Crippen molar-refractivity contribution in [3.8, 4) is 0 Å². The molecule has 0 aliphatic rings. The fourth-order valence-electron chi connectivity index (χ4n) is 0.421. The molecular formula is C5H5FN2S. The molecule has 0 amide bonds. The third-order valence-corrected chi connectivity index (χ3v) is 1.10. The van der Waals surface area contributed by atoms with Gasteiger partial charge in [0.2, 0.25) is 0 Å². The zero-order valence-corrected chi connectivity index (χ0v) is 5.48. The summed E-state index contributed by atoms with van der Waals surface area (Å²) in [4.78, 5) is 7.27. The summed E-state index contributed by atoms with van der Waals surface area (Å²) in [5.74, 6) is 0.570. The Balaban J connectivity index is 2.88. The largest absolute Gasteiger partial charge is 0.237 e. The van der Waals surface area contributed by atoms with Crippen molar-refractivity contribution in [3.05, 3.63) is 24.0 Å². The minimum absolute atomic E-state index is 0.416. The summed E-state index contributed by atoms with van der Waals surface area (Å²) in [6.45, 7) is 0. The smallest absolute Gasteiger partial charge is 0.159 e. The molecule has 0 atom stereocenters. The Kier molecular flexibility index (Phi) is 2.00. The van der Waals surface area contributed by atoms with Crippen LogP contribution >= 0.6 is 12.6 Å². The molecular weight excluding hydrogens is 139 g/mol. The predicted octanol–water partition coefficient (Wildman–Crippen LogP) is 1.05. The van der Waals surface area contributed by atoms with Crippen LogP contribution in [0.3, 0.4) is 0 Å². The Morgan fingerprint density at radius 1 is 1.44 bits per heavy atom. The summed E-state index contributed by atoms with van der Waals surface area (Å²) in [5, 5.41) is 0. The lowest BCUT2D eigenvalue weighted by Crippen LogP contribution is -1.90. The second kappa shape index (κ2) is 2.77. The Labute approximate surface area is 57.6 Å². The fraction of sp³-hybridized carbons (Fsp3) is 0.200. The summed E-state index contributed by atoms with van der Waals surface area (Å²) in [7, 11) is 0. The van der Waals surface area contributed by atoms with E-state index in [1.54, 1.807) is 0 Å². The van der Waals surface area contributed by atoms with E-state index < -0.39 is 5.82 Å². The van der Waals surface area contributed by atoms with Crippen LogP contribution in [0.2, 0.25) is 0 Å². The number of aromatic nitrogens is 2. The Hall–Kier alpha value is -0.640. The van der Waals surface area contributed by atoms with Crippen LogP contribution < -0.4 is 0 Å². The first-order chi connectivity index (χ1) is 4.33. The predicted molar refractivity (Wildman–Crippen MR) is 34.7 cm³/mol. The minimum atomic E-state index is -0.416. The zero-order valence-electron chi connectivity index (χ0n) is 4.58. The molecule has 0 unspecified atom stereocenters. The maximum absolute atomic E-state index is 12.1. The lowest BCUT2D eigenvalue weighted by Gasteiger charge is -1.89. The normalized spacial score (nSPS) is 9.56. The van der Waals surface area contributed by atoms with Crippen LogP contribution in [0.15, 0.2) is 12.4 Å². The highest BCUT2D eigenvalue weighted by molar-refractivity contribution is 7.79. The van der Waals surface area contributed by atoms with E-state index in [2.05, 4.69) is 22.6 Å². The molecule has 0 saturated heterocycles. The lowest BCUT2D eigenvalue weighted by atomic mass is 10.6. The van der Waals surface area contributed by atoms with E-state index in [4.69, 9.17) is 0 Å². The van der Waals surface area contributed by atoms with E-state index in [9.17, 15) is 4.39 Å². The van der Waals surface area contributed by atoms with E-state index in [1.165, 1.54) is 0 Å². The maximum atomic E-state index is 12.1. The molecule has 0 saturated carbocycles. The van der Waals surface area contributed by atoms with Gasteiger partial charge in [0.25, 0.3) is 0 Å². The van der Waals surface area contributed by atoms with Gasteiger partial charge in [0.1, 0.15) is 5.82 Å². The molecule has 9 heavy (non-hydrogen) atoms. The van der Waals surface area contributed by atoms with Gasteiger partial charge in [-0.05, 0) is 0 Å². The molecule has 0 radical (unpaired) electrons. The van der Waals surface area contributed by atoms with E-state index in [0.717, 1.165) is 12.4 Å². The van der Waals surface area contributed by atoms with E-state index in [0.29, 0.717) is 11.6 Å². The standard InChI is InChI=1S/C5H5FN2S/c6-4-1-7-5(3-9)8-2-4/h1-2,9H,3H2. The molecule has 0 aliphatic carbocycles. The highest BCUT2D eigenvalue weighted by Gasteiger charge is 1.91. The van der Waals surface area contributed by atoms with Crippen LogP contribution in [-0.4, -0.2) is 9.97 Å². The molecule has 1 rings (SSSR count). The summed E-state index contributed by atoms with van der Waals surface area (Å²) >= 11 is 3.90. The van der Waals surface area contributed by atoms with Gasteiger partial charge in [-0.1, -0.05) is 0 Å². The second-order valence-corrected chi connectivity index (χ2v) is 1.79. The van der Waals surface area contributed by atoms with Gasteiger partial charge in [-0.3, -0.25) is 0 Å². The van der Waals surface area contributed by atoms with Gasteiger partial charge in [-0.2, -0.15) is 12.6 Å². The van der Waals surface area contributed by atoms with Gasteiger partial charge in [-0.15, -0.1) is 0 Å². The molecule has 0 N–H and O–H groups in total. The quantitative estimate of drug-likeness (QED) is 0.596. The van der Waals surface area contributed by atoms with E-state index >= 15 is 0 Å². The second-order valence-electron chi connectivity index (χ2n) is 1.48. The van der Waals surface area contributed by atoms with Gasteiger partial charge in [0.15, 0.2) is 5.82 Å². The highest BCUT2D eigenvalue weighted by atomic mass is 32.1. The number of nitrogens with zero attached hydrogens (tertiary/aromatic N) is 2. The Morgan fingerprint density at radius 2 is 2.00 bits per heavy atom. The van der Waals surface area contributed by atoms with Crippen LogP contribution in [0.1, 0.15) is 5.82 Å². The van der Waals surface area contributed by atoms with Crippen molar-refractivity contribution in [2.24, 2.45) is 0 Å². The van der Waals surface area contributed by atoms with Crippen LogP contribution in [0.5, 0.6) is 0 Å². The molecule has 0 spiro atoms. The maximum Gasteiger partial charge on any atom is 0.159 e. The molecule has 2 nitrogen and oxygen atoms in total.